The second kappa shape index (κ2) is 6.54. The Morgan fingerprint density at radius 2 is 1.81 bits per heavy atom. The standard InChI is InChI=1S/C19H26N4O3/c1-12-15(10-21(2)20-12)11-22-5-7-23(8-6-22)18(24)16-13-3-4-14(9-13)17(16)19(25)26/h3-4,10,13-14,16-17H,5-9,11H2,1-2H3,(H,25,26)/t13-,14-,16+,17-/m0/s1. The molecule has 1 N–H and O–H groups in total. The summed E-state index contributed by atoms with van der Waals surface area (Å²) in [6.07, 6.45) is 6.90. The van der Waals surface area contributed by atoms with Gasteiger partial charge in [0, 0.05) is 51.5 Å². The van der Waals surface area contributed by atoms with Crippen molar-refractivity contribution in [1.29, 1.82) is 0 Å². The molecule has 7 heteroatoms. The van der Waals surface area contributed by atoms with E-state index in [2.05, 4.69) is 10.00 Å². The van der Waals surface area contributed by atoms with Gasteiger partial charge < -0.3 is 10.0 Å². The third-order valence-corrected chi connectivity index (χ3v) is 6.22. The third kappa shape index (κ3) is 2.94. The molecule has 2 heterocycles. The minimum Gasteiger partial charge on any atom is -0.481 e. The zero-order valence-corrected chi connectivity index (χ0v) is 15.3. The molecular weight excluding hydrogens is 332 g/mol. The Balaban J connectivity index is 1.37. The monoisotopic (exact) mass is 358 g/mol. The van der Waals surface area contributed by atoms with Crippen molar-refractivity contribution >= 4 is 11.9 Å². The van der Waals surface area contributed by atoms with E-state index in [1.165, 1.54) is 5.56 Å². The summed E-state index contributed by atoms with van der Waals surface area (Å²) in [4.78, 5) is 28.9. The number of hydrogen-bond donors (Lipinski definition) is 1. The quantitative estimate of drug-likeness (QED) is 0.809. The second-order valence-corrected chi connectivity index (χ2v) is 7.85. The van der Waals surface area contributed by atoms with E-state index >= 15 is 0 Å². The molecule has 1 saturated heterocycles. The van der Waals surface area contributed by atoms with Gasteiger partial charge in [0.1, 0.15) is 0 Å². The van der Waals surface area contributed by atoms with Crippen LogP contribution in [0.3, 0.4) is 0 Å². The Bertz CT molecular complexity index is 748. The maximum atomic E-state index is 13.0. The summed E-state index contributed by atoms with van der Waals surface area (Å²) < 4.78 is 1.83. The molecule has 1 aromatic rings. The first-order chi connectivity index (χ1) is 12.4. The largest absolute Gasteiger partial charge is 0.481 e. The fourth-order valence-electron chi connectivity index (χ4n) is 4.88. The number of piperazine rings is 1. The van der Waals surface area contributed by atoms with Crippen molar-refractivity contribution in [2.24, 2.45) is 30.7 Å². The Kier molecular flexibility index (Phi) is 4.34. The molecule has 1 aromatic heterocycles. The molecule has 0 radical (unpaired) electrons. The molecule has 4 atom stereocenters. The highest BCUT2D eigenvalue weighted by Crippen LogP contribution is 2.48. The normalized spacial score (nSPS) is 30.9. The van der Waals surface area contributed by atoms with Gasteiger partial charge in [-0.15, -0.1) is 0 Å². The van der Waals surface area contributed by atoms with Crippen molar-refractivity contribution in [3.63, 3.8) is 0 Å². The van der Waals surface area contributed by atoms with Crippen LogP contribution in [-0.4, -0.2) is 62.7 Å². The Morgan fingerprint density at radius 1 is 1.15 bits per heavy atom. The summed E-state index contributed by atoms with van der Waals surface area (Å²) in [6, 6.07) is 0. The molecule has 0 unspecified atom stereocenters. The third-order valence-electron chi connectivity index (χ3n) is 6.22. The van der Waals surface area contributed by atoms with Gasteiger partial charge in [-0.25, -0.2) is 0 Å². The molecule has 140 valence electrons. The Labute approximate surface area is 153 Å². The van der Waals surface area contributed by atoms with Crippen LogP contribution >= 0.6 is 0 Å². The summed E-state index contributed by atoms with van der Waals surface area (Å²) in [5, 5.41) is 13.9. The van der Waals surface area contributed by atoms with E-state index in [1.807, 2.05) is 41.9 Å². The predicted molar refractivity (Wildman–Crippen MR) is 95.2 cm³/mol. The van der Waals surface area contributed by atoms with Crippen molar-refractivity contribution in [2.45, 2.75) is 19.9 Å². The average molecular weight is 358 g/mol. The van der Waals surface area contributed by atoms with E-state index in [4.69, 9.17) is 0 Å². The number of aryl methyl sites for hydroxylation is 2. The van der Waals surface area contributed by atoms with E-state index in [0.717, 1.165) is 31.7 Å². The maximum Gasteiger partial charge on any atom is 0.307 e. The minimum absolute atomic E-state index is 0.0290. The summed E-state index contributed by atoms with van der Waals surface area (Å²) in [7, 11) is 1.93. The van der Waals surface area contributed by atoms with Crippen LogP contribution < -0.4 is 0 Å². The molecule has 3 aliphatic rings. The van der Waals surface area contributed by atoms with Crippen molar-refractivity contribution in [3.05, 3.63) is 29.6 Å². The molecule has 7 nitrogen and oxygen atoms in total. The summed E-state index contributed by atoms with van der Waals surface area (Å²) in [5.74, 6) is -1.59. The van der Waals surface area contributed by atoms with Crippen molar-refractivity contribution in [1.82, 2.24) is 19.6 Å². The Morgan fingerprint density at radius 3 is 2.38 bits per heavy atom. The molecule has 2 aliphatic carbocycles. The number of allylic oxidation sites excluding steroid dienone is 2. The highest BCUT2D eigenvalue weighted by Gasteiger charge is 2.52. The van der Waals surface area contributed by atoms with Crippen LogP contribution in [0.15, 0.2) is 18.3 Å². The first-order valence-corrected chi connectivity index (χ1v) is 9.35. The SMILES string of the molecule is Cc1nn(C)cc1CN1CCN(C(=O)[C@H]2[C@@H](C(=O)O)[C@H]3C=C[C@H]2C3)CC1. The lowest BCUT2D eigenvalue weighted by Crippen LogP contribution is -2.52. The summed E-state index contributed by atoms with van der Waals surface area (Å²) >= 11 is 0. The molecule has 0 aromatic carbocycles. The number of fused-ring (bicyclic) bond motifs is 2. The summed E-state index contributed by atoms with van der Waals surface area (Å²) in [6.45, 7) is 5.83. The van der Waals surface area contributed by atoms with E-state index in [1.54, 1.807) is 0 Å². The van der Waals surface area contributed by atoms with Gasteiger partial charge >= 0.3 is 5.97 Å². The lowest BCUT2D eigenvalue weighted by atomic mass is 9.82. The number of hydrogen-bond acceptors (Lipinski definition) is 4. The van der Waals surface area contributed by atoms with Gasteiger partial charge in [0.15, 0.2) is 0 Å². The lowest BCUT2D eigenvalue weighted by molar-refractivity contribution is -0.151. The minimum atomic E-state index is -0.828. The molecule has 1 aliphatic heterocycles. The molecule has 0 spiro atoms. The Hall–Kier alpha value is -2.15. The van der Waals surface area contributed by atoms with Crippen molar-refractivity contribution in [2.75, 3.05) is 26.2 Å². The molecule has 2 fully saturated rings. The van der Waals surface area contributed by atoms with Crippen LogP contribution in [0.1, 0.15) is 17.7 Å². The molecule has 1 amide bonds. The van der Waals surface area contributed by atoms with Crippen molar-refractivity contribution in [3.8, 4) is 0 Å². The number of aliphatic carboxylic acids is 1. The fraction of sp³-hybridized carbons (Fsp3) is 0.632. The van der Waals surface area contributed by atoms with Gasteiger partial charge in [-0.2, -0.15) is 5.10 Å². The number of carbonyl (C=O) groups excluding carboxylic acids is 1. The van der Waals surface area contributed by atoms with Gasteiger partial charge in [-0.3, -0.25) is 19.2 Å². The van der Waals surface area contributed by atoms with Crippen LogP contribution in [0.2, 0.25) is 0 Å². The van der Waals surface area contributed by atoms with Crippen LogP contribution in [-0.2, 0) is 23.2 Å². The van der Waals surface area contributed by atoms with E-state index in [9.17, 15) is 14.7 Å². The number of carbonyl (C=O) groups is 2. The number of carboxylic acids is 1. The van der Waals surface area contributed by atoms with E-state index < -0.39 is 11.9 Å². The number of rotatable bonds is 4. The number of nitrogens with zero attached hydrogens (tertiary/aromatic N) is 4. The average Bonchev–Trinajstić information content (AvgIpc) is 3.29. The maximum absolute atomic E-state index is 13.0. The topological polar surface area (TPSA) is 78.7 Å². The van der Waals surface area contributed by atoms with Gasteiger partial charge in [-0.1, -0.05) is 12.2 Å². The highest BCUT2D eigenvalue weighted by molar-refractivity contribution is 5.87. The molecule has 4 rings (SSSR count). The predicted octanol–water partition coefficient (Wildman–Crippen LogP) is 0.896. The lowest BCUT2D eigenvalue weighted by Gasteiger charge is -2.37. The van der Waals surface area contributed by atoms with E-state index in [-0.39, 0.29) is 23.7 Å². The van der Waals surface area contributed by atoms with Crippen molar-refractivity contribution < 1.29 is 14.7 Å². The number of carboxylic acid groups (broad SMARTS) is 1. The second-order valence-electron chi connectivity index (χ2n) is 7.85. The zero-order chi connectivity index (χ0) is 18.4. The van der Waals surface area contributed by atoms with Crippen LogP contribution in [0.5, 0.6) is 0 Å². The first kappa shape index (κ1) is 17.3. The van der Waals surface area contributed by atoms with Gasteiger partial charge in [0.2, 0.25) is 5.91 Å². The van der Waals surface area contributed by atoms with E-state index in [0.29, 0.717) is 13.1 Å². The highest BCUT2D eigenvalue weighted by atomic mass is 16.4. The van der Waals surface area contributed by atoms with Crippen LogP contribution in [0, 0.1) is 30.6 Å². The van der Waals surface area contributed by atoms with Gasteiger partial charge in [0.25, 0.3) is 0 Å². The van der Waals surface area contributed by atoms with Crippen LogP contribution in [0.4, 0.5) is 0 Å². The first-order valence-electron chi connectivity index (χ1n) is 9.35. The number of amides is 1. The molecule has 1 saturated carbocycles. The smallest absolute Gasteiger partial charge is 0.307 e. The number of aromatic nitrogens is 2. The van der Waals surface area contributed by atoms with Gasteiger partial charge in [-0.05, 0) is 25.2 Å². The molecule has 2 bridgehead atoms. The molecule has 26 heavy (non-hydrogen) atoms. The van der Waals surface area contributed by atoms with Gasteiger partial charge in [0.05, 0.1) is 17.5 Å². The zero-order valence-electron chi connectivity index (χ0n) is 15.3. The van der Waals surface area contributed by atoms with Crippen LogP contribution in [0.25, 0.3) is 0 Å². The summed E-state index contributed by atoms with van der Waals surface area (Å²) in [5.41, 5.74) is 2.26. The molecular formula is C19H26N4O3. The fourth-order valence-corrected chi connectivity index (χ4v) is 4.88.